The summed E-state index contributed by atoms with van der Waals surface area (Å²) in [5.41, 5.74) is 0.285. The van der Waals surface area contributed by atoms with Gasteiger partial charge in [0.2, 0.25) is 0 Å². The first-order valence-electron chi connectivity index (χ1n) is 10.6. The Morgan fingerprint density at radius 3 is 2.26 bits per heavy atom. The van der Waals surface area contributed by atoms with Gasteiger partial charge in [0.05, 0.1) is 0 Å². The van der Waals surface area contributed by atoms with Gasteiger partial charge in [0.25, 0.3) is 0 Å². The Hall–Kier alpha value is -1.76. The molecular formula is C21H34N6. The maximum atomic E-state index is 9.55. The van der Waals surface area contributed by atoms with E-state index in [0.29, 0.717) is 18.1 Å². The van der Waals surface area contributed by atoms with Gasteiger partial charge in [-0.05, 0) is 53.0 Å². The fraction of sp³-hybridized carbons (Fsp3) is 0.810. The lowest BCUT2D eigenvalue weighted by atomic mass is 10.0. The van der Waals surface area contributed by atoms with E-state index < -0.39 is 0 Å². The Bertz CT molecular complexity index is 604. The molecule has 0 aromatic heterocycles. The zero-order valence-corrected chi connectivity index (χ0v) is 17.2. The number of hydrogen-bond donors (Lipinski definition) is 0. The van der Waals surface area contributed by atoms with Crippen molar-refractivity contribution in [2.24, 2.45) is 0 Å². The molecule has 0 saturated carbocycles. The molecule has 0 aromatic rings. The van der Waals surface area contributed by atoms with E-state index in [0.717, 1.165) is 57.9 Å². The zero-order valence-electron chi connectivity index (χ0n) is 17.2. The first kappa shape index (κ1) is 20.0. The lowest BCUT2D eigenvalue weighted by Crippen LogP contribution is -2.46. The second-order valence-electron chi connectivity index (χ2n) is 8.49. The minimum absolute atomic E-state index is 0.285. The summed E-state index contributed by atoms with van der Waals surface area (Å²) in [5, 5.41) is 19.1. The van der Waals surface area contributed by atoms with Crippen LogP contribution in [0.25, 0.3) is 0 Å². The second kappa shape index (κ2) is 8.95. The second-order valence-corrected chi connectivity index (χ2v) is 8.49. The van der Waals surface area contributed by atoms with Crippen molar-refractivity contribution in [2.45, 2.75) is 64.6 Å². The molecule has 0 unspecified atom stereocenters. The van der Waals surface area contributed by atoms with Crippen LogP contribution in [0.5, 0.6) is 0 Å². The molecule has 0 aliphatic carbocycles. The van der Waals surface area contributed by atoms with Gasteiger partial charge in [0.15, 0.2) is 5.57 Å². The summed E-state index contributed by atoms with van der Waals surface area (Å²) in [6.45, 7) is 14.0. The van der Waals surface area contributed by atoms with Crippen molar-refractivity contribution in [3.63, 3.8) is 0 Å². The first-order chi connectivity index (χ1) is 13.0. The molecule has 3 aliphatic rings. The van der Waals surface area contributed by atoms with E-state index in [1.807, 2.05) is 0 Å². The Labute approximate surface area is 164 Å². The molecule has 0 radical (unpaired) electrons. The van der Waals surface area contributed by atoms with Crippen LogP contribution in [0.4, 0.5) is 0 Å². The minimum atomic E-state index is 0.285. The Kier molecular flexibility index (Phi) is 6.63. The third-order valence-electron chi connectivity index (χ3n) is 6.65. The highest BCUT2D eigenvalue weighted by Crippen LogP contribution is 2.29. The van der Waals surface area contributed by atoms with Gasteiger partial charge in [-0.1, -0.05) is 0 Å². The highest BCUT2D eigenvalue weighted by atomic mass is 15.4. The smallest absolute Gasteiger partial charge is 0.169 e. The predicted molar refractivity (Wildman–Crippen MR) is 107 cm³/mol. The fourth-order valence-corrected chi connectivity index (χ4v) is 4.91. The van der Waals surface area contributed by atoms with Crippen LogP contribution in [0.2, 0.25) is 0 Å². The zero-order chi connectivity index (χ0) is 19.4. The van der Waals surface area contributed by atoms with Gasteiger partial charge in [0.1, 0.15) is 18.0 Å². The van der Waals surface area contributed by atoms with Crippen molar-refractivity contribution >= 4 is 0 Å². The monoisotopic (exact) mass is 370 g/mol. The number of piperidine rings is 1. The van der Waals surface area contributed by atoms with Crippen molar-refractivity contribution in [1.29, 1.82) is 10.5 Å². The number of nitriles is 2. The molecular weight excluding hydrogens is 336 g/mol. The molecule has 0 amide bonds. The third kappa shape index (κ3) is 4.39. The molecule has 3 fully saturated rings. The minimum Gasteiger partial charge on any atom is -0.354 e. The number of allylic oxidation sites excluding steroid dienone is 1. The van der Waals surface area contributed by atoms with Gasteiger partial charge in [-0.2, -0.15) is 10.5 Å². The van der Waals surface area contributed by atoms with Crippen LogP contribution in [0.1, 0.15) is 46.5 Å². The van der Waals surface area contributed by atoms with E-state index in [1.54, 1.807) is 0 Å². The van der Waals surface area contributed by atoms with Gasteiger partial charge in [-0.15, -0.1) is 0 Å². The molecule has 27 heavy (non-hydrogen) atoms. The molecule has 3 saturated heterocycles. The van der Waals surface area contributed by atoms with E-state index in [4.69, 9.17) is 0 Å². The Morgan fingerprint density at radius 1 is 1.00 bits per heavy atom. The third-order valence-corrected chi connectivity index (χ3v) is 6.65. The predicted octanol–water partition coefficient (Wildman–Crippen LogP) is 2.22. The van der Waals surface area contributed by atoms with E-state index >= 15 is 0 Å². The van der Waals surface area contributed by atoms with Gasteiger partial charge in [0, 0.05) is 57.4 Å². The highest BCUT2D eigenvalue weighted by Gasteiger charge is 2.35. The maximum Gasteiger partial charge on any atom is 0.169 e. The number of rotatable bonds is 5. The molecule has 3 aliphatic heterocycles. The topological polar surface area (TPSA) is 60.5 Å². The lowest BCUT2D eigenvalue weighted by molar-refractivity contribution is 0.115. The van der Waals surface area contributed by atoms with Gasteiger partial charge < -0.3 is 14.7 Å². The van der Waals surface area contributed by atoms with Crippen LogP contribution in [-0.4, -0.2) is 83.5 Å². The average Bonchev–Trinajstić information content (AvgIpc) is 3.27. The average molecular weight is 371 g/mol. The molecule has 0 spiro atoms. The maximum absolute atomic E-state index is 9.55. The number of likely N-dealkylation sites (tertiary alicyclic amines) is 2. The molecule has 1 atom stereocenters. The fourth-order valence-electron chi connectivity index (χ4n) is 4.91. The van der Waals surface area contributed by atoms with E-state index in [1.165, 1.54) is 19.4 Å². The molecule has 6 heteroatoms. The summed E-state index contributed by atoms with van der Waals surface area (Å²) in [4.78, 5) is 9.73. The Balaban J connectivity index is 1.69. The SMILES string of the molecule is CC(C)N1CCC(N2CCN(CCN3CCC[C@H]3C)C2=C(C#N)C#N)CC1. The molecule has 3 rings (SSSR count). The van der Waals surface area contributed by atoms with Crippen molar-refractivity contribution < 1.29 is 0 Å². The molecule has 0 N–H and O–H groups in total. The van der Waals surface area contributed by atoms with Gasteiger partial charge in [-0.25, -0.2) is 0 Å². The van der Waals surface area contributed by atoms with Crippen LogP contribution in [0.15, 0.2) is 11.4 Å². The lowest BCUT2D eigenvalue weighted by Gasteiger charge is -2.40. The van der Waals surface area contributed by atoms with E-state index in [2.05, 4.69) is 52.5 Å². The summed E-state index contributed by atoms with van der Waals surface area (Å²) < 4.78 is 0. The van der Waals surface area contributed by atoms with Gasteiger partial charge in [-0.3, -0.25) is 4.90 Å². The van der Waals surface area contributed by atoms with Crippen LogP contribution < -0.4 is 0 Å². The summed E-state index contributed by atoms with van der Waals surface area (Å²) in [6, 6.07) is 6.03. The summed E-state index contributed by atoms with van der Waals surface area (Å²) in [6.07, 6.45) is 4.79. The summed E-state index contributed by atoms with van der Waals surface area (Å²) >= 11 is 0. The molecule has 3 heterocycles. The van der Waals surface area contributed by atoms with Crippen LogP contribution in [0.3, 0.4) is 0 Å². The highest BCUT2D eigenvalue weighted by molar-refractivity contribution is 5.40. The largest absolute Gasteiger partial charge is 0.354 e. The molecule has 148 valence electrons. The standard InChI is InChI=1S/C21H34N6/c1-17(2)24-9-6-20(7-10-24)27-14-13-26(21(27)19(15-22)16-23)12-11-25-8-4-5-18(25)3/h17-18,20H,4-14H2,1-3H3/t18-/m1/s1. The van der Waals surface area contributed by atoms with Crippen molar-refractivity contribution in [3.05, 3.63) is 11.4 Å². The molecule has 0 aromatic carbocycles. The number of nitrogens with zero attached hydrogens (tertiary/aromatic N) is 6. The molecule has 6 nitrogen and oxygen atoms in total. The normalized spacial score (nSPS) is 25.3. The van der Waals surface area contributed by atoms with Gasteiger partial charge >= 0.3 is 0 Å². The Morgan fingerprint density at radius 2 is 1.70 bits per heavy atom. The summed E-state index contributed by atoms with van der Waals surface area (Å²) in [5.74, 6) is 0.898. The van der Waals surface area contributed by atoms with E-state index in [9.17, 15) is 10.5 Å². The van der Waals surface area contributed by atoms with Crippen LogP contribution in [-0.2, 0) is 0 Å². The van der Waals surface area contributed by atoms with Crippen LogP contribution in [0, 0.1) is 22.7 Å². The van der Waals surface area contributed by atoms with E-state index in [-0.39, 0.29) is 5.57 Å². The van der Waals surface area contributed by atoms with Crippen molar-refractivity contribution in [2.75, 3.05) is 45.8 Å². The quantitative estimate of drug-likeness (QED) is 0.692. The van der Waals surface area contributed by atoms with Crippen molar-refractivity contribution in [1.82, 2.24) is 19.6 Å². The summed E-state index contributed by atoms with van der Waals surface area (Å²) in [7, 11) is 0. The number of hydrogen-bond acceptors (Lipinski definition) is 6. The van der Waals surface area contributed by atoms with Crippen molar-refractivity contribution in [3.8, 4) is 12.1 Å². The molecule has 0 bridgehead atoms. The van der Waals surface area contributed by atoms with Crippen LogP contribution >= 0.6 is 0 Å². The first-order valence-corrected chi connectivity index (χ1v) is 10.6.